The van der Waals surface area contributed by atoms with E-state index in [2.05, 4.69) is 58.0 Å². The summed E-state index contributed by atoms with van der Waals surface area (Å²) in [5.74, 6) is 0.953. The Bertz CT molecular complexity index is 535. The van der Waals surface area contributed by atoms with Crippen LogP contribution in [0.15, 0.2) is 48.5 Å². The summed E-state index contributed by atoms with van der Waals surface area (Å²) >= 11 is 0. The summed E-state index contributed by atoms with van der Waals surface area (Å²) in [6, 6.07) is 16.7. The molecule has 0 heterocycles. The number of aryl methyl sites for hydroxylation is 1. The van der Waals surface area contributed by atoms with Gasteiger partial charge in [-0.15, -0.1) is 0 Å². The molecule has 100 valence electrons. The van der Waals surface area contributed by atoms with E-state index in [9.17, 15) is 0 Å². The summed E-state index contributed by atoms with van der Waals surface area (Å²) in [5.41, 5.74) is 3.91. The minimum absolute atomic E-state index is 0.150. The first-order chi connectivity index (χ1) is 8.95. The zero-order valence-electron chi connectivity index (χ0n) is 12.2. The molecule has 1 nitrogen and oxygen atoms in total. The second kappa shape index (κ2) is 5.48. The highest BCUT2D eigenvalue weighted by atomic mass is 16.5. The number of ether oxygens (including phenoxy) is 1. The molecule has 0 aliphatic carbocycles. The maximum absolute atomic E-state index is 5.91. The molecule has 19 heavy (non-hydrogen) atoms. The Kier molecular flexibility index (Phi) is 3.94. The third-order valence-corrected chi connectivity index (χ3v) is 3.17. The molecule has 0 aliphatic rings. The van der Waals surface area contributed by atoms with E-state index >= 15 is 0 Å². The van der Waals surface area contributed by atoms with Gasteiger partial charge in [0.05, 0.1) is 0 Å². The average molecular weight is 254 g/mol. The SMILES string of the molecule is Cc1cc(OCc2ccccc2)cc(C(C)(C)C)c1. The maximum Gasteiger partial charge on any atom is 0.120 e. The molecular weight excluding hydrogens is 232 g/mol. The minimum atomic E-state index is 0.150. The highest BCUT2D eigenvalue weighted by Gasteiger charge is 2.15. The van der Waals surface area contributed by atoms with Crippen LogP contribution in [0, 0.1) is 6.92 Å². The Morgan fingerprint density at radius 3 is 2.26 bits per heavy atom. The van der Waals surface area contributed by atoms with E-state index in [-0.39, 0.29) is 5.41 Å². The maximum atomic E-state index is 5.91. The summed E-state index contributed by atoms with van der Waals surface area (Å²) < 4.78 is 5.91. The zero-order valence-corrected chi connectivity index (χ0v) is 12.2. The lowest BCUT2D eigenvalue weighted by Crippen LogP contribution is -2.11. The molecular formula is C18H22O. The summed E-state index contributed by atoms with van der Waals surface area (Å²) in [7, 11) is 0. The predicted octanol–water partition coefficient (Wildman–Crippen LogP) is 4.87. The molecule has 0 aromatic heterocycles. The lowest BCUT2D eigenvalue weighted by Gasteiger charge is -2.21. The molecule has 2 aromatic rings. The van der Waals surface area contributed by atoms with E-state index in [0.717, 1.165) is 5.75 Å². The van der Waals surface area contributed by atoms with Crippen molar-refractivity contribution >= 4 is 0 Å². The quantitative estimate of drug-likeness (QED) is 0.759. The van der Waals surface area contributed by atoms with Crippen LogP contribution >= 0.6 is 0 Å². The van der Waals surface area contributed by atoms with Gasteiger partial charge in [-0.3, -0.25) is 0 Å². The van der Waals surface area contributed by atoms with E-state index < -0.39 is 0 Å². The lowest BCUT2D eigenvalue weighted by atomic mass is 9.86. The molecule has 0 saturated heterocycles. The molecule has 0 bridgehead atoms. The fourth-order valence-corrected chi connectivity index (χ4v) is 2.01. The standard InChI is InChI=1S/C18H22O/c1-14-10-16(18(2,3)4)12-17(11-14)19-13-15-8-6-5-7-9-15/h5-12H,13H2,1-4H3. The molecule has 0 fully saturated rings. The van der Waals surface area contributed by atoms with Crippen molar-refractivity contribution < 1.29 is 4.74 Å². The van der Waals surface area contributed by atoms with Gasteiger partial charge < -0.3 is 4.74 Å². The van der Waals surface area contributed by atoms with Crippen molar-refractivity contribution in [3.63, 3.8) is 0 Å². The monoisotopic (exact) mass is 254 g/mol. The van der Waals surface area contributed by atoms with Crippen molar-refractivity contribution in [3.8, 4) is 5.75 Å². The number of benzene rings is 2. The van der Waals surface area contributed by atoms with Gasteiger partial charge in [0.1, 0.15) is 12.4 Å². The third kappa shape index (κ3) is 3.85. The molecule has 2 rings (SSSR count). The van der Waals surface area contributed by atoms with Crippen LogP contribution in [0.5, 0.6) is 5.75 Å². The molecule has 0 radical (unpaired) electrons. The van der Waals surface area contributed by atoms with Crippen molar-refractivity contribution in [2.24, 2.45) is 0 Å². The van der Waals surface area contributed by atoms with Gasteiger partial charge in [-0.05, 0) is 41.2 Å². The smallest absolute Gasteiger partial charge is 0.120 e. The van der Waals surface area contributed by atoms with Gasteiger partial charge in [-0.2, -0.15) is 0 Å². The first-order valence-electron chi connectivity index (χ1n) is 6.74. The molecule has 0 atom stereocenters. The first-order valence-corrected chi connectivity index (χ1v) is 6.74. The molecule has 2 aromatic carbocycles. The average Bonchev–Trinajstić information content (AvgIpc) is 2.36. The second-order valence-corrected chi connectivity index (χ2v) is 6.06. The molecule has 0 N–H and O–H groups in total. The van der Waals surface area contributed by atoms with Crippen LogP contribution in [0.4, 0.5) is 0 Å². The Morgan fingerprint density at radius 1 is 0.947 bits per heavy atom. The van der Waals surface area contributed by atoms with Crippen LogP contribution in [0.3, 0.4) is 0 Å². The first kappa shape index (κ1) is 13.7. The van der Waals surface area contributed by atoms with E-state index in [1.807, 2.05) is 18.2 Å². The van der Waals surface area contributed by atoms with Crippen molar-refractivity contribution in [1.29, 1.82) is 0 Å². The van der Waals surface area contributed by atoms with Crippen LogP contribution in [0.25, 0.3) is 0 Å². The largest absolute Gasteiger partial charge is 0.489 e. The molecule has 0 aliphatic heterocycles. The Morgan fingerprint density at radius 2 is 1.63 bits per heavy atom. The molecule has 1 heteroatoms. The molecule has 0 spiro atoms. The van der Waals surface area contributed by atoms with Gasteiger partial charge in [-0.1, -0.05) is 57.2 Å². The predicted molar refractivity (Wildman–Crippen MR) is 80.7 cm³/mol. The molecule has 0 unspecified atom stereocenters. The summed E-state index contributed by atoms with van der Waals surface area (Å²) in [6.45, 7) is 9.41. The van der Waals surface area contributed by atoms with E-state index in [0.29, 0.717) is 6.61 Å². The Hall–Kier alpha value is -1.76. The minimum Gasteiger partial charge on any atom is -0.489 e. The Balaban J connectivity index is 2.15. The molecule has 0 amide bonds. The van der Waals surface area contributed by atoms with Crippen LogP contribution in [0.2, 0.25) is 0 Å². The van der Waals surface area contributed by atoms with Gasteiger partial charge in [-0.25, -0.2) is 0 Å². The fraction of sp³-hybridized carbons (Fsp3) is 0.333. The molecule has 0 saturated carbocycles. The normalized spacial score (nSPS) is 11.4. The number of rotatable bonds is 3. The Labute approximate surface area is 116 Å². The summed E-state index contributed by atoms with van der Waals surface area (Å²) in [6.07, 6.45) is 0. The van der Waals surface area contributed by atoms with E-state index in [4.69, 9.17) is 4.74 Å². The topological polar surface area (TPSA) is 9.23 Å². The van der Waals surface area contributed by atoms with Crippen molar-refractivity contribution in [2.45, 2.75) is 39.7 Å². The van der Waals surface area contributed by atoms with E-state index in [1.165, 1.54) is 16.7 Å². The highest BCUT2D eigenvalue weighted by molar-refractivity contribution is 5.37. The second-order valence-electron chi connectivity index (χ2n) is 6.06. The summed E-state index contributed by atoms with van der Waals surface area (Å²) in [5, 5.41) is 0. The van der Waals surface area contributed by atoms with E-state index in [1.54, 1.807) is 0 Å². The number of hydrogen-bond donors (Lipinski definition) is 0. The van der Waals surface area contributed by atoms with Crippen LogP contribution in [0.1, 0.15) is 37.5 Å². The van der Waals surface area contributed by atoms with Gasteiger partial charge in [0, 0.05) is 0 Å². The van der Waals surface area contributed by atoms with Crippen molar-refractivity contribution in [3.05, 3.63) is 65.2 Å². The van der Waals surface area contributed by atoms with Gasteiger partial charge in [0.25, 0.3) is 0 Å². The van der Waals surface area contributed by atoms with Crippen LogP contribution < -0.4 is 4.74 Å². The fourth-order valence-electron chi connectivity index (χ4n) is 2.01. The number of hydrogen-bond acceptors (Lipinski definition) is 1. The van der Waals surface area contributed by atoms with Crippen molar-refractivity contribution in [1.82, 2.24) is 0 Å². The lowest BCUT2D eigenvalue weighted by molar-refractivity contribution is 0.305. The summed E-state index contributed by atoms with van der Waals surface area (Å²) in [4.78, 5) is 0. The highest BCUT2D eigenvalue weighted by Crippen LogP contribution is 2.27. The van der Waals surface area contributed by atoms with Gasteiger partial charge >= 0.3 is 0 Å². The zero-order chi connectivity index (χ0) is 13.9. The van der Waals surface area contributed by atoms with Gasteiger partial charge in [0.2, 0.25) is 0 Å². The third-order valence-electron chi connectivity index (χ3n) is 3.17. The van der Waals surface area contributed by atoms with Crippen LogP contribution in [-0.4, -0.2) is 0 Å². The van der Waals surface area contributed by atoms with Crippen LogP contribution in [-0.2, 0) is 12.0 Å². The van der Waals surface area contributed by atoms with Crippen molar-refractivity contribution in [2.75, 3.05) is 0 Å². The van der Waals surface area contributed by atoms with Gasteiger partial charge in [0.15, 0.2) is 0 Å².